The fourth-order valence-electron chi connectivity index (χ4n) is 8.47. The van der Waals surface area contributed by atoms with Crippen LogP contribution in [0.4, 0.5) is 0 Å². The molecule has 0 unspecified atom stereocenters. The number of allylic oxidation sites excluding steroid dienone is 4. The van der Waals surface area contributed by atoms with Crippen molar-refractivity contribution >= 4 is 24.8 Å². The first kappa shape index (κ1) is 41.3. The molecule has 0 heterocycles. The molecule has 0 radical (unpaired) electrons. The quantitative estimate of drug-likeness (QED) is 0.155. The summed E-state index contributed by atoms with van der Waals surface area (Å²) in [4.78, 5) is 0. The van der Waals surface area contributed by atoms with Crippen molar-refractivity contribution in [3.63, 3.8) is 0 Å². The van der Waals surface area contributed by atoms with Crippen molar-refractivity contribution in [2.45, 2.75) is 65.2 Å². The summed E-state index contributed by atoms with van der Waals surface area (Å²) in [5.74, 6) is 0. The molecule has 0 atom stereocenters. The van der Waals surface area contributed by atoms with E-state index in [9.17, 15) is 0 Å². The van der Waals surface area contributed by atoms with Crippen LogP contribution in [0, 0.1) is 12.1 Å². The van der Waals surface area contributed by atoms with E-state index in [1.807, 2.05) is 12.2 Å². The summed E-state index contributed by atoms with van der Waals surface area (Å²) in [5, 5.41) is 5.29. The molecule has 10 rings (SSSR count). The number of rotatable bonds is 4. The Balaban J connectivity index is 0.000000158. The molecule has 292 valence electrons. The van der Waals surface area contributed by atoms with Gasteiger partial charge in [-0.2, -0.15) is 6.08 Å². The molecule has 0 aliphatic heterocycles. The third kappa shape index (κ3) is 8.85. The molecule has 60 heavy (non-hydrogen) atoms. The van der Waals surface area contributed by atoms with E-state index in [1.54, 1.807) is 0 Å². The molecule has 0 N–H and O–H groups in total. The van der Waals surface area contributed by atoms with Crippen LogP contribution >= 0.6 is 0 Å². The standard InChI is InChI=1S/C33H33.C21H14.C5H5.Zr/c1-32(2,3)30-20-26-24(18-28(30)22-13-9-7-10-14-22)17-25-19-29(23-15-11-8-12-16-23)31(21-27(25)26)33(4,5)6;1-3-13-20-16(7-1)9-5-11-18(20)15-19-12-6-10-17-8-2-4-14-21(17)19;1-2-4-5-3-1;/h7-16,18,20-21H,17H2,1-6H3;1-14H;1-3H,4H2;/q-1;;-1;+2. The summed E-state index contributed by atoms with van der Waals surface area (Å²) in [5.41, 5.74) is 16.2. The Labute approximate surface area is 372 Å². The van der Waals surface area contributed by atoms with Crippen molar-refractivity contribution in [2.24, 2.45) is 0 Å². The van der Waals surface area contributed by atoms with E-state index in [4.69, 9.17) is 0 Å². The predicted molar refractivity (Wildman–Crippen MR) is 254 cm³/mol. The average Bonchev–Trinajstić information content (AvgIpc) is 3.97. The van der Waals surface area contributed by atoms with Gasteiger partial charge in [0.05, 0.1) is 0 Å². The van der Waals surface area contributed by atoms with Gasteiger partial charge in [0, 0.05) is 0 Å². The van der Waals surface area contributed by atoms with Crippen molar-refractivity contribution < 1.29 is 24.2 Å². The van der Waals surface area contributed by atoms with Crippen LogP contribution in [0.15, 0.2) is 182 Å². The summed E-state index contributed by atoms with van der Waals surface area (Å²) >= 11 is 1.44. The summed E-state index contributed by atoms with van der Waals surface area (Å²) in [7, 11) is 0. The van der Waals surface area contributed by atoms with E-state index in [-0.39, 0.29) is 10.8 Å². The molecular weight excluding hydrogens is 800 g/mol. The average molecular weight is 852 g/mol. The minimum atomic E-state index is 0.0380. The second-order valence-corrected chi connectivity index (χ2v) is 19.1. The zero-order valence-electron chi connectivity index (χ0n) is 35.7. The van der Waals surface area contributed by atoms with Gasteiger partial charge in [-0.1, -0.05) is 131 Å². The van der Waals surface area contributed by atoms with Gasteiger partial charge in [0.1, 0.15) is 0 Å². The van der Waals surface area contributed by atoms with Gasteiger partial charge in [-0.15, -0.1) is 35.2 Å². The van der Waals surface area contributed by atoms with Gasteiger partial charge in [-0.05, 0) is 39.5 Å². The molecule has 0 saturated carbocycles. The van der Waals surface area contributed by atoms with E-state index in [0.717, 1.165) is 12.8 Å². The molecule has 8 aromatic rings. The molecule has 2 aliphatic carbocycles. The van der Waals surface area contributed by atoms with Crippen LogP contribution in [0.1, 0.15) is 81.3 Å². The molecule has 0 spiro atoms. The zero-order valence-corrected chi connectivity index (χ0v) is 38.2. The second-order valence-electron chi connectivity index (χ2n) is 17.8. The fourth-order valence-corrected chi connectivity index (χ4v) is 9.55. The Morgan fingerprint density at radius 2 is 1.03 bits per heavy atom. The van der Waals surface area contributed by atoms with Gasteiger partial charge in [-0.3, -0.25) is 6.08 Å². The van der Waals surface area contributed by atoms with E-state index < -0.39 is 0 Å². The van der Waals surface area contributed by atoms with Gasteiger partial charge < -0.3 is 0 Å². The van der Waals surface area contributed by atoms with E-state index in [0.29, 0.717) is 0 Å². The first-order chi connectivity index (χ1) is 29.0. The Morgan fingerprint density at radius 3 is 1.55 bits per heavy atom. The minimum absolute atomic E-state index is 0.0380. The maximum absolute atomic E-state index is 3.88. The molecule has 0 aromatic heterocycles. The van der Waals surface area contributed by atoms with Gasteiger partial charge in [-0.25, -0.2) is 12.2 Å². The molecule has 1 heteroatoms. The number of fused-ring (bicyclic) bond motifs is 5. The molecule has 0 amide bonds. The number of hydrogen-bond donors (Lipinski definition) is 0. The van der Waals surface area contributed by atoms with Gasteiger partial charge in [0.25, 0.3) is 0 Å². The van der Waals surface area contributed by atoms with Crippen molar-refractivity contribution in [2.75, 3.05) is 0 Å². The molecule has 0 fully saturated rings. The molecule has 2 aliphatic rings. The van der Waals surface area contributed by atoms with Crippen LogP contribution in [0.5, 0.6) is 0 Å². The SMILES string of the molecule is CC(C)(C)c1cc2c([c-]c1-c1ccccc1)Cc1cc(-c3ccccc3)c(C(C)(C)C)cc1-2.[C-]1=CC=CC1.[Zr+2]=[C](c1cccc2ccccc12)c1cccc2ccccc12. The topological polar surface area (TPSA) is 0 Å². The summed E-state index contributed by atoms with van der Waals surface area (Å²) in [6.07, 6.45) is 10.9. The Morgan fingerprint density at radius 1 is 0.517 bits per heavy atom. The molecule has 0 nitrogen and oxygen atoms in total. The van der Waals surface area contributed by atoms with Gasteiger partial charge >= 0.3 is 145 Å². The third-order valence-corrected chi connectivity index (χ3v) is 12.9. The predicted octanol–water partition coefficient (Wildman–Crippen LogP) is 15.4. The summed E-state index contributed by atoms with van der Waals surface area (Å²) in [6, 6.07) is 63.3. The first-order valence-corrected chi connectivity index (χ1v) is 22.3. The van der Waals surface area contributed by atoms with Crippen molar-refractivity contribution in [1.82, 2.24) is 0 Å². The third-order valence-electron chi connectivity index (χ3n) is 11.5. The van der Waals surface area contributed by atoms with E-state index in [2.05, 4.69) is 224 Å². The van der Waals surface area contributed by atoms with Crippen molar-refractivity contribution in [1.29, 1.82) is 0 Å². The molecular formula is C59H52Zr. The Kier molecular flexibility index (Phi) is 12.1. The first-order valence-electron chi connectivity index (χ1n) is 21.1. The van der Waals surface area contributed by atoms with Crippen LogP contribution in [0.3, 0.4) is 0 Å². The van der Waals surface area contributed by atoms with Crippen molar-refractivity contribution in [3.8, 4) is 33.4 Å². The molecule has 8 aromatic carbocycles. The molecule has 0 saturated heterocycles. The van der Waals surface area contributed by atoms with Crippen LogP contribution in [-0.2, 0) is 41.5 Å². The van der Waals surface area contributed by atoms with Gasteiger partial charge in [0.15, 0.2) is 0 Å². The van der Waals surface area contributed by atoms with Gasteiger partial charge in [0.2, 0.25) is 0 Å². The fraction of sp³-hybridized carbons (Fsp3) is 0.169. The normalized spacial score (nSPS) is 12.7. The number of benzene rings is 8. The summed E-state index contributed by atoms with van der Waals surface area (Å²) < 4.78 is 1.42. The zero-order chi connectivity index (χ0) is 41.9. The van der Waals surface area contributed by atoms with E-state index in [1.165, 1.54) is 116 Å². The van der Waals surface area contributed by atoms with Crippen LogP contribution in [0.25, 0.3) is 54.9 Å². The Hall–Kier alpha value is -5.49. The monoisotopic (exact) mass is 850 g/mol. The molecule has 0 bridgehead atoms. The van der Waals surface area contributed by atoms with Crippen LogP contribution in [-0.4, -0.2) is 3.21 Å². The van der Waals surface area contributed by atoms with E-state index >= 15 is 0 Å². The number of hydrogen-bond acceptors (Lipinski definition) is 0. The van der Waals surface area contributed by atoms with Crippen LogP contribution in [0.2, 0.25) is 0 Å². The van der Waals surface area contributed by atoms with Crippen molar-refractivity contribution in [3.05, 3.63) is 228 Å². The second kappa shape index (κ2) is 17.6. The maximum atomic E-state index is 3.88. The Bertz CT molecular complexity index is 2670. The van der Waals surface area contributed by atoms with Crippen LogP contribution < -0.4 is 0 Å². The summed E-state index contributed by atoms with van der Waals surface area (Å²) in [6.45, 7) is 13.9.